The van der Waals surface area contributed by atoms with E-state index in [4.69, 9.17) is 27.9 Å². The lowest BCUT2D eigenvalue weighted by molar-refractivity contribution is -0.384. The molecule has 34 heavy (non-hydrogen) atoms. The molecule has 0 bridgehead atoms. The van der Waals surface area contributed by atoms with Crippen LogP contribution in [0.25, 0.3) is 6.08 Å². The molecule has 10 heteroatoms. The second-order valence-corrected chi connectivity index (χ2v) is 9.06. The number of non-ortho nitro benzene ring substituents is 1. The van der Waals surface area contributed by atoms with Gasteiger partial charge in [-0.3, -0.25) is 24.6 Å². The number of carbonyl (C=O) groups excluding carboxylic acids is 2. The van der Waals surface area contributed by atoms with Gasteiger partial charge < -0.3 is 4.74 Å². The Bertz CT molecular complexity index is 1290. The van der Waals surface area contributed by atoms with Gasteiger partial charge in [-0.15, -0.1) is 0 Å². The summed E-state index contributed by atoms with van der Waals surface area (Å²) in [7, 11) is 0. The van der Waals surface area contributed by atoms with E-state index in [1.54, 1.807) is 60.7 Å². The van der Waals surface area contributed by atoms with Crippen molar-refractivity contribution in [2.24, 2.45) is 0 Å². The number of imide groups is 1. The average Bonchev–Trinajstić information content (AvgIpc) is 3.07. The first kappa shape index (κ1) is 23.8. The van der Waals surface area contributed by atoms with Crippen molar-refractivity contribution in [2.45, 2.75) is 13.2 Å². The molecular formula is C24H16Cl2N2O5S. The predicted octanol–water partition coefficient (Wildman–Crippen LogP) is 6.72. The molecule has 3 aromatic carbocycles. The van der Waals surface area contributed by atoms with Gasteiger partial charge in [0, 0.05) is 27.7 Å². The molecule has 1 aliphatic rings. The second kappa shape index (κ2) is 10.3. The Morgan fingerprint density at radius 1 is 1.00 bits per heavy atom. The van der Waals surface area contributed by atoms with Crippen LogP contribution in [-0.2, 0) is 17.9 Å². The second-order valence-electron chi connectivity index (χ2n) is 7.25. The summed E-state index contributed by atoms with van der Waals surface area (Å²) >= 11 is 13.2. The van der Waals surface area contributed by atoms with Gasteiger partial charge in [-0.25, -0.2) is 0 Å². The zero-order valence-electron chi connectivity index (χ0n) is 17.4. The highest BCUT2D eigenvalue weighted by Gasteiger charge is 2.35. The molecular weight excluding hydrogens is 499 g/mol. The van der Waals surface area contributed by atoms with E-state index in [9.17, 15) is 19.7 Å². The molecule has 0 atom stereocenters. The van der Waals surface area contributed by atoms with Crippen LogP contribution in [0.15, 0.2) is 71.6 Å². The molecule has 0 aromatic heterocycles. The molecule has 3 aromatic rings. The molecule has 1 fully saturated rings. The lowest BCUT2D eigenvalue weighted by atomic mass is 10.2. The van der Waals surface area contributed by atoms with Gasteiger partial charge in [-0.05, 0) is 65.4 Å². The average molecular weight is 515 g/mol. The van der Waals surface area contributed by atoms with Gasteiger partial charge >= 0.3 is 0 Å². The standard InChI is InChI=1S/C24H16Cl2N2O5S/c25-20-5-2-6-21(26)19(20)13-27-23(29)22(34-24(27)30)12-16-3-1-4-18(11-16)33-14-15-7-9-17(10-8-15)28(31)32/h1-12H,13-14H2/b22-12+. The summed E-state index contributed by atoms with van der Waals surface area (Å²) in [5.41, 5.74) is 1.98. The van der Waals surface area contributed by atoms with Gasteiger partial charge in [0.2, 0.25) is 0 Å². The number of thioether (sulfide) groups is 1. The lowest BCUT2D eigenvalue weighted by Crippen LogP contribution is -2.27. The molecule has 0 spiro atoms. The first-order valence-electron chi connectivity index (χ1n) is 9.96. The number of benzene rings is 3. The molecule has 7 nitrogen and oxygen atoms in total. The van der Waals surface area contributed by atoms with Gasteiger partial charge in [-0.1, -0.05) is 41.4 Å². The Labute approximate surface area is 209 Å². The fourth-order valence-electron chi connectivity index (χ4n) is 3.20. The van der Waals surface area contributed by atoms with E-state index >= 15 is 0 Å². The van der Waals surface area contributed by atoms with E-state index < -0.39 is 16.1 Å². The largest absolute Gasteiger partial charge is 0.489 e. The Morgan fingerprint density at radius 3 is 2.35 bits per heavy atom. The quantitative estimate of drug-likeness (QED) is 0.197. The van der Waals surface area contributed by atoms with Gasteiger partial charge in [0.1, 0.15) is 12.4 Å². The van der Waals surface area contributed by atoms with Crippen molar-refractivity contribution in [1.29, 1.82) is 0 Å². The van der Waals surface area contributed by atoms with Crippen LogP contribution < -0.4 is 4.74 Å². The van der Waals surface area contributed by atoms with Crippen molar-refractivity contribution in [1.82, 2.24) is 4.90 Å². The number of nitrogens with zero attached hydrogens (tertiary/aromatic N) is 2. The SMILES string of the molecule is O=C1S/C(=C/c2cccc(OCc3ccc([N+](=O)[O-])cc3)c2)C(=O)N1Cc1c(Cl)cccc1Cl. The van der Waals surface area contributed by atoms with E-state index in [0.29, 0.717) is 26.9 Å². The Balaban J connectivity index is 1.45. The van der Waals surface area contributed by atoms with Crippen LogP contribution in [0.4, 0.5) is 10.5 Å². The minimum absolute atomic E-state index is 0.0106. The van der Waals surface area contributed by atoms with Gasteiger partial charge in [0.05, 0.1) is 16.4 Å². The summed E-state index contributed by atoms with van der Waals surface area (Å²) in [6, 6.07) is 18.1. The molecule has 1 aliphatic heterocycles. The summed E-state index contributed by atoms with van der Waals surface area (Å²) in [6.45, 7) is 0.204. The van der Waals surface area contributed by atoms with Gasteiger partial charge in [-0.2, -0.15) is 0 Å². The van der Waals surface area contributed by atoms with Crippen molar-refractivity contribution >= 4 is 57.9 Å². The maximum Gasteiger partial charge on any atom is 0.293 e. The highest BCUT2D eigenvalue weighted by atomic mass is 35.5. The monoisotopic (exact) mass is 514 g/mol. The van der Waals surface area contributed by atoms with Crippen LogP contribution in [-0.4, -0.2) is 21.0 Å². The van der Waals surface area contributed by atoms with Crippen LogP contribution in [0.1, 0.15) is 16.7 Å². The molecule has 0 saturated carbocycles. The fourth-order valence-corrected chi connectivity index (χ4v) is 4.56. The maximum atomic E-state index is 12.9. The molecule has 0 radical (unpaired) electrons. The third-order valence-corrected chi connectivity index (χ3v) is 6.58. The molecule has 172 valence electrons. The van der Waals surface area contributed by atoms with Crippen molar-refractivity contribution in [3.8, 4) is 5.75 Å². The lowest BCUT2D eigenvalue weighted by Gasteiger charge is -2.14. The summed E-state index contributed by atoms with van der Waals surface area (Å²) < 4.78 is 5.77. The van der Waals surface area contributed by atoms with Crippen LogP contribution in [0.5, 0.6) is 5.75 Å². The molecule has 0 N–H and O–H groups in total. The van der Waals surface area contributed by atoms with Gasteiger partial charge in [0.25, 0.3) is 16.8 Å². The number of hydrogen-bond donors (Lipinski definition) is 0. The van der Waals surface area contributed by atoms with Crippen LogP contribution >= 0.6 is 35.0 Å². The number of nitro benzene ring substituents is 1. The smallest absolute Gasteiger partial charge is 0.293 e. The number of carbonyl (C=O) groups is 2. The third kappa shape index (κ3) is 5.41. The van der Waals surface area contributed by atoms with E-state index in [-0.39, 0.29) is 23.7 Å². The summed E-state index contributed by atoms with van der Waals surface area (Å²) in [5, 5.41) is 11.1. The highest BCUT2D eigenvalue weighted by Crippen LogP contribution is 2.36. The number of rotatable bonds is 7. The number of nitro groups is 1. The van der Waals surface area contributed by atoms with Crippen LogP contribution in [0, 0.1) is 10.1 Å². The summed E-state index contributed by atoms with van der Waals surface area (Å²) in [4.78, 5) is 37.0. The molecule has 4 rings (SSSR count). The Kier molecular flexibility index (Phi) is 7.21. The zero-order valence-corrected chi connectivity index (χ0v) is 19.8. The number of amides is 2. The first-order chi connectivity index (χ1) is 16.3. The topological polar surface area (TPSA) is 89.7 Å². The van der Waals surface area contributed by atoms with Gasteiger partial charge in [0.15, 0.2) is 0 Å². The Hall–Kier alpha value is -3.33. The van der Waals surface area contributed by atoms with E-state index in [1.807, 2.05) is 0 Å². The van der Waals surface area contributed by atoms with Crippen molar-refractivity contribution in [2.75, 3.05) is 0 Å². The van der Waals surface area contributed by atoms with Crippen molar-refractivity contribution < 1.29 is 19.2 Å². The van der Waals surface area contributed by atoms with E-state index in [1.165, 1.54) is 12.1 Å². The number of hydrogen-bond acceptors (Lipinski definition) is 6. The molecule has 2 amide bonds. The highest BCUT2D eigenvalue weighted by molar-refractivity contribution is 8.18. The van der Waals surface area contributed by atoms with Crippen LogP contribution in [0.2, 0.25) is 10.0 Å². The first-order valence-corrected chi connectivity index (χ1v) is 11.5. The van der Waals surface area contributed by atoms with E-state index in [2.05, 4.69) is 0 Å². The summed E-state index contributed by atoms with van der Waals surface area (Å²) in [6.07, 6.45) is 1.62. The minimum atomic E-state index is -0.459. The van der Waals surface area contributed by atoms with E-state index in [0.717, 1.165) is 22.2 Å². The molecule has 1 saturated heterocycles. The molecule has 1 heterocycles. The molecule has 0 unspecified atom stereocenters. The minimum Gasteiger partial charge on any atom is -0.489 e. The molecule has 0 aliphatic carbocycles. The third-order valence-electron chi connectivity index (χ3n) is 4.96. The number of halogens is 2. The number of ether oxygens (including phenoxy) is 1. The van der Waals surface area contributed by atoms with Crippen molar-refractivity contribution in [3.05, 3.63) is 108 Å². The zero-order chi connectivity index (χ0) is 24.2. The van der Waals surface area contributed by atoms with Crippen LogP contribution in [0.3, 0.4) is 0 Å². The van der Waals surface area contributed by atoms with Crippen molar-refractivity contribution in [3.63, 3.8) is 0 Å². The maximum absolute atomic E-state index is 12.9. The Morgan fingerprint density at radius 2 is 1.68 bits per heavy atom. The fraction of sp³-hybridized carbons (Fsp3) is 0.0833. The predicted molar refractivity (Wildman–Crippen MR) is 132 cm³/mol. The summed E-state index contributed by atoms with van der Waals surface area (Å²) in [5.74, 6) is 0.123. The normalized spacial score (nSPS) is 14.6.